The molecule has 2 N–H and O–H groups in total. The van der Waals surface area contributed by atoms with Gasteiger partial charge in [0.15, 0.2) is 6.10 Å². The molecule has 12 heteroatoms. The van der Waals surface area contributed by atoms with Gasteiger partial charge in [-0.2, -0.15) is 0 Å². The maximum Gasteiger partial charge on any atom is 0.472 e. The number of allylic oxidation sites excluding steroid dienone is 30. The minimum Gasteiger partial charge on any atom is -0.462 e. The molecule has 11 nitrogen and oxygen atoms in total. The molecule has 0 heterocycles. The van der Waals surface area contributed by atoms with Gasteiger partial charge in [-0.1, -0.05) is 235 Å². The summed E-state index contributed by atoms with van der Waals surface area (Å²) in [7, 11) is -4.80. The Bertz CT molecular complexity index is 2110. The monoisotopic (exact) mass is 1180 g/mol. The second kappa shape index (κ2) is 63.6. The fourth-order valence-electron chi connectivity index (χ4n) is 7.63. The Labute approximate surface area is 509 Å². The zero-order valence-corrected chi connectivity index (χ0v) is 52.9. The van der Waals surface area contributed by atoms with Crippen molar-refractivity contribution in [3.63, 3.8) is 0 Å². The molecule has 0 aromatic carbocycles. The number of phosphoric acid groups is 1. The first-order valence-electron chi connectivity index (χ1n) is 31.7. The number of carbonyl (C=O) groups excluding carboxylic acids is 3. The topological polar surface area (TPSA) is 155 Å². The van der Waals surface area contributed by atoms with Gasteiger partial charge in [0, 0.05) is 19.3 Å². The molecule has 0 saturated carbocycles. The van der Waals surface area contributed by atoms with Crippen LogP contribution in [0.3, 0.4) is 0 Å². The summed E-state index contributed by atoms with van der Waals surface area (Å²) in [6, 6.07) is 0. The van der Waals surface area contributed by atoms with Crippen LogP contribution in [0.5, 0.6) is 0 Å². The van der Waals surface area contributed by atoms with Crippen LogP contribution >= 0.6 is 7.82 Å². The van der Waals surface area contributed by atoms with E-state index in [1.807, 2.05) is 12.2 Å². The van der Waals surface area contributed by atoms with Crippen molar-refractivity contribution in [2.45, 2.75) is 226 Å². The Morgan fingerprint density at radius 2 is 0.607 bits per heavy atom. The molecule has 0 aliphatic heterocycles. The Morgan fingerprint density at radius 3 is 0.976 bits per heavy atom. The molecular weight excluding hydrogens is 1070 g/mol. The van der Waals surface area contributed by atoms with E-state index in [2.05, 4.69) is 191 Å². The lowest BCUT2D eigenvalue weighted by atomic mass is 10.1. The third kappa shape index (κ3) is 61.1. The van der Waals surface area contributed by atoms with Crippen LogP contribution in [0.25, 0.3) is 0 Å². The van der Waals surface area contributed by atoms with E-state index in [4.69, 9.17) is 23.3 Å². The summed E-state index contributed by atoms with van der Waals surface area (Å²) in [4.78, 5) is 48.7. The number of phosphoric ester groups is 1. The summed E-state index contributed by atoms with van der Waals surface area (Å²) in [6.07, 6.45) is 87.1. The maximum absolute atomic E-state index is 13.0. The number of aliphatic hydroxyl groups is 1. The standard InChI is InChI=1S/C72H111O11P/c1-4-7-10-13-16-19-22-25-28-31-34-37-40-43-46-49-52-55-58-61-70(74)79-65-69(83-72(76)63-60-57-54-51-48-45-42-39-36-33-30-27-24-21-18-15-12-9-6-3)67-81-84(77,78)80-66-68(64-73)82-71(75)62-59-56-53-50-47-44-41-38-35-32-29-26-23-20-17-14-11-8-5-2/h7-12,16-21,25-30,34-39,44-45,47-48,54,57,68-69,73H,4-6,13-15,22-24,31-33,40-43,46,49-53,55-56,58-67H2,1-3H3,(H,77,78)/b10-7-,11-8-,12-9-,19-16-,20-17-,21-18-,28-25-,29-26-,30-27-,37-34-,38-35-,39-36-,47-44-,48-45-,57-54-. The zero-order chi connectivity index (χ0) is 61.2. The summed E-state index contributed by atoms with van der Waals surface area (Å²) in [5, 5.41) is 9.85. The van der Waals surface area contributed by atoms with Crippen molar-refractivity contribution in [2.75, 3.05) is 26.4 Å². The fourth-order valence-corrected chi connectivity index (χ4v) is 8.42. The van der Waals surface area contributed by atoms with Crippen molar-refractivity contribution in [1.82, 2.24) is 0 Å². The van der Waals surface area contributed by atoms with E-state index in [0.717, 1.165) is 148 Å². The van der Waals surface area contributed by atoms with Gasteiger partial charge in [-0.05, 0) is 141 Å². The van der Waals surface area contributed by atoms with Crippen LogP contribution in [0, 0.1) is 0 Å². The van der Waals surface area contributed by atoms with Crippen molar-refractivity contribution in [2.24, 2.45) is 0 Å². The molecule has 3 unspecified atom stereocenters. The third-order valence-electron chi connectivity index (χ3n) is 12.3. The number of hydrogen-bond acceptors (Lipinski definition) is 10. The summed E-state index contributed by atoms with van der Waals surface area (Å²) < 4.78 is 39.5. The number of ether oxygens (including phenoxy) is 3. The maximum atomic E-state index is 13.0. The zero-order valence-electron chi connectivity index (χ0n) is 52.0. The molecule has 84 heavy (non-hydrogen) atoms. The fraction of sp³-hybridized carbons (Fsp3) is 0.542. The van der Waals surface area contributed by atoms with Gasteiger partial charge >= 0.3 is 25.7 Å². The number of unbranched alkanes of at least 4 members (excludes halogenated alkanes) is 9. The molecule has 0 aromatic rings. The van der Waals surface area contributed by atoms with Crippen molar-refractivity contribution < 1.29 is 52.2 Å². The van der Waals surface area contributed by atoms with Crippen molar-refractivity contribution >= 4 is 25.7 Å². The van der Waals surface area contributed by atoms with Crippen molar-refractivity contribution in [1.29, 1.82) is 0 Å². The van der Waals surface area contributed by atoms with E-state index in [-0.39, 0.29) is 25.9 Å². The van der Waals surface area contributed by atoms with E-state index in [1.165, 1.54) is 0 Å². The third-order valence-corrected chi connectivity index (χ3v) is 13.3. The molecule has 3 atom stereocenters. The highest BCUT2D eigenvalue weighted by Gasteiger charge is 2.28. The highest BCUT2D eigenvalue weighted by atomic mass is 31.2. The van der Waals surface area contributed by atoms with Gasteiger partial charge in [0.1, 0.15) is 12.7 Å². The molecule has 0 aliphatic carbocycles. The van der Waals surface area contributed by atoms with Gasteiger partial charge in [-0.25, -0.2) is 4.57 Å². The van der Waals surface area contributed by atoms with E-state index >= 15 is 0 Å². The van der Waals surface area contributed by atoms with Crippen LogP contribution in [-0.2, 0) is 42.2 Å². The highest BCUT2D eigenvalue weighted by molar-refractivity contribution is 7.47. The number of aliphatic hydroxyl groups excluding tert-OH is 1. The molecule has 0 bridgehead atoms. The van der Waals surface area contributed by atoms with Crippen LogP contribution in [0.15, 0.2) is 182 Å². The summed E-state index contributed by atoms with van der Waals surface area (Å²) in [5.74, 6) is -1.64. The second-order valence-corrected chi connectivity index (χ2v) is 21.5. The molecule has 0 radical (unpaired) electrons. The highest BCUT2D eigenvalue weighted by Crippen LogP contribution is 2.43. The molecule has 0 fully saturated rings. The van der Waals surface area contributed by atoms with Crippen LogP contribution in [0.2, 0.25) is 0 Å². The molecular formula is C72H111O11P. The van der Waals surface area contributed by atoms with Gasteiger partial charge in [-0.15, -0.1) is 0 Å². The SMILES string of the molecule is CC/C=C\C/C=C\C/C=C\C/C=C\C/C=C\C/C=C\CCC(=O)OC(COC(=O)CCCCCCCC/C=C\C/C=C\C/C=C\C/C=C\CC)COP(=O)(O)OCC(CO)OC(=O)CCCCC/C=C\C/C=C\C/C=C\C/C=C\C/C=C\CC. The first kappa shape index (κ1) is 78.6. The smallest absolute Gasteiger partial charge is 0.462 e. The molecule has 0 aromatic heterocycles. The summed E-state index contributed by atoms with van der Waals surface area (Å²) in [6.45, 7) is 4.15. The van der Waals surface area contributed by atoms with Crippen LogP contribution in [0.4, 0.5) is 0 Å². The Balaban J connectivity index is 4.90. The van der Waals surface area contributed by atoms with E-state index in [1.54, 1.807) is 0 Å². The van der Waals surface area contributed by atoms with Gasteiger partial charge in [0.25, 0.3) is 0 Å². The minimum absolute atomic E-state index is 0.0250. The van der Waals surface area contributed by atoms with Crippen LogP contribution in [-0.4, -0.2) is 66.5 Å². The average molecular weight is 1180 g/mol. The first-order chi connectivity index (χ1) is 41.2. The number of esters is 3. The molecule has 0 rings (SSSR count). The Morgan fingerprint density at radius 1 is 0.333 bits per heavy atom. The number of hydrogen-bond donors (Lipinski definition) is 2. The van der Waals surface area contributed by atoms with Crippen molar-refractivity contribution in [3.05, 3.63) is 182 Å². The second-order valence-electron chi connectivity index (χ2n) is 20.1. The van der Waals surface area contributed by atoms with Gasteiger partial charge in [0.05, 0.1) is 19.8 Å². The largest absolute Gasteiger partial charge is 0.472 e. The van der Waals surface area contributed by atoms with Gasteiger partial charge < -0.3 is 24.2 Å². The van der Waals surface area contributed by atoms with E-state index in [0.29, 0.717) is 25.7 Å². The molecule has 0 amide bonds. The van der Waals surface area contributed by atoms with E-state index in [9.17, 15) is 28.9 Å². The average Bonchev–Trinajstić information content (AvgIpc) is 3.53. The van der Waals surface area contributed by atoms with E-state index < -0.39 is 57.8 Å². The first-order valence-corrected chi connectivity index (χ1v) is 33.2. The Hall–Kier alpha value is -5.42. The lowest BCUT2D eigenvalue weighted by Gasteiger charge is -2.21. The predicted molar refractivity (Wildman–Crippen MR) is 352 cm³/mol. The van der Waals surface area contributed by atoms with Gasteiger partial charge in [-0.3, -0.25) is 23.4 Å². The summed E-state index contributed by atoms with van der Waals surface area (Å²) in [5.41, 5.74) is 0. The molecule has 470 valence electrons. The molecule has 0 spiro atoms. The lowest BCUT2D eigenvalue weighted by Crippen LogP contribution is -2.30. The normalized spacial score (nSPS) is 14.5. The molecule has 0 aliphatic rings. The van der Waals surface area contributed by atoms with Crippen molar-refractivity contribution in [3.8, 4) is 0 Å². The minimum atomic E-state index is -4.80. The Kier molecular flexibility index (Phi) is 59.5. The van der Waals surface area contributed by atoms with Gasteiger partial charge in [0.2, 0.25) is 0 Å². The number of carbonyl (C=O) groups is 3. The molecule has 0 saturated heterocycles. The number of rotatable bonds is 56. The summed E-state index contributed by atoms with van der Waals surface area (Å²) >= 11 is 0. The predicted octanol–water partition coefficient (Wildman–Crippen LogP) is 19.6. The van der Waals surface area contributed by atoms with Crippen LogP contribution < -0.4 is 0 Å². The lowest BCUT2D eigenvalue weighted by molar-refractivity contribution is -0.161. The van der Waals surface area contributed by atoms with Crippen LogP contribution in [0.1, 0.15) is 213 Å². The quantitative estimate of drug-likeness (QED) is 0.0197.